The molecule has 1 aliphatic rings. The average Bonchev–Trinajstić information content (AvgIpc) is 2.40. The van der Waals surface area contributed by atoms with Crippen LogP contribution in [0.25, 0.3) is 0 Å². The highest BCUT2D eigenvalue weighted by Gasteiger charge is 2.27. The minimum atomic E-state index is -0.123. The number of amides is 1. The summed E-state index contributed by atoms with van der Waals surface area (Å²) in [5.41, 5.74) is 1.40. The van der Waals surface area contributed by atoms with Crippen LogP contribution in [0.15, 0.2) is 48.5 Å². The molecule has 4 heteroatoms. The van der Waals surface area contributed by atoms with Crippen LogP contribution in [0.1, 0.15) is 0 Å². The Morgan fingerprint density at radius 1 is 1.00 bits per heavy atom. The number of rotatable bonds is 1. The van der Waals surface area contributed by atoms with Crippen LogP contribution in [0, 0.1) is 0 Å². The van der Waals surface area contributed by atoms with Crippen molar-refractivity contribution < 1.29 is 9.53 Å². The Kier molecular flexibility index (Phi) is 2.68. The summed E-state index contributed by atoms with van der Waals surface area (Å²) in [4.78, 5) is 13.7. The highest BCUT2D eigenvalue weighted by atomic mass is 35.5. The van der Waals surface area contributed by atoms with E-state index in [-0.39, 0.29) is 12.5 Å². The molecule has 0 fully saturated rings. The quantitative estimate of drug-likeness (QED) is 0.786. The fourth-order valence-corrected chi connectivity index (χ4v) is 2.22. The summed E-state index contributed by atoms with van der Waals surface area (Å²) in [7, 11) is 0. The molecule has 2 aromatic rings. The highest BCUT2D eigenvalue weighted by molar-refractivity contribution is 6.34. The number of fused-ring (bicyclic) bond motifs is 1. The van der Waals surface area contributed by atoms with Crippen molar-refractivity contribution in [3.05, 3.63) is 53.6 Å². The molecule has 0 aromatic heterocycles. The largest absolute Gasteiger partial charge is 0.482 e. The maximum Gasteiger partial charge on any atom is 0.269 e. The van der Waals surface area contributed by atoms with Crippen LogP contribution in [-0.4, -0.2) is 12.5 Å². The van der Waals surface area contributed by atoms with Gasteiger partial charge in [-0.1, -0.05) is 35.9 Å². The average molecular weight is 260 g/mol. The van der Waals surface area contributed by atoms with Crippen molar-refractivity contribution in [3.63, 3.8) is 0 Å². The van der Waals surface area contributed by atoms with Crippen LogP contribution in [0.4, 0.5) is 11.4 Å². The van der Waals surface area contributed by atoms with Gasteiger partial charge in [0.05, 0.1) is 16.4 Å². The van der Waals surface area contributed by atoms with E-state index in [9.17, 15) is 4.79 Å². The third-order valence-corrected chi connectivity index (χ3v) is 3.12. The van der Waals surface area contributed by atoms with E-state index in [2.05, 4.69) is 0 Å². The molecule has 1 heterocycles. The molecule has 1 aliphatic heterocycles. The molecule has 0 unspecified atom stereocenters. The van der Waals surface area contributed by atoms with E-state index in [1.54, 1.807) is 11.0 Å². The van der Waals surface area contributed by atoms with Gasteiger partial charge in [-0.15, -0.1) is 0 Å². The van der Waals surface area contributed by atoms with Gasteiger partial charge >= 0.3 is 0 Å². The lowest BCUT2D eigenvalue weighted by atomic mass is 10.2. The molecule has 0 aliphatic carbocycles. The molecule has 90 valence electrons. The second kappa shape index (κ2) is 4.35. The van der Waals surface area contributed by atoms with Crippen LogP contribution in [0.2, 0.25) is 5.02 Å². The van der Waals surface area contributed by atoms with Gasteiger partial charge in [0, 0.05) is 0 Å². The Labute approximate surface area is 110 Å². The van der Waals surface area contributed by atoms with Crippen LogP contribution < -0.4 is 9.64 Å². The summed E-state index contributed by atoms with van der Waals surface area (Å²) in [5.74, 6) is 0.568. The topological polar surface area (TPSA) is 29.5 Å². The van der Waals surface area contributed by atoms with Crippen molar-refractivity contribution in [3.8, 4) is 5.75 Å². The molecular formula is C14H10ClNO2. The van der Waals surface area contributed by atoms with Crippen LogP contribution in [0.5, 0.6) is 5.75 Å². The molecule has 2 aromatic carbocycles. The molecule has 1 amide bonds. The van der Waals surface area contributed by atoms with Crippen molar-refractivity contribution in [1.29, 1.82) is 0 Å². The van der Waals surface area contributed by atoms with E-state index in [4.69, 9.17) is 16.3 Å². The van der Waals surface area contributed by atoms with Gasteiger partial charge in [-0.3, -0.25) is 9.69 Å². The molecule has 0 radical (unpaired) electrons. The third-order valence-electron chi connectivity index (χ3n) is 2.80. The Morgan fingerprint density at radius 3 is 2.44 bits per heavy atom. The van der Waals surface area contributed by atoms with Gasteiger partial charge in [-0.25, -0.2) is 0 Å². The summed E-state index contributed by atoms with van der Waals surface area (Å²) in [6, 6.07) is 14.7. The lowest BCUT2D eigenvalue weighted by molar-refractivity contribution is -0.120. The Hall–Kier alpha value is -2.00. The Bertz CT molecular complexity index is 612. The molecule has 3 rings (SSSR count). The molecule has 0 spiro atoms. The van der Waals surface area contributed by atoms with E-state index in [1.807, 2.05) is 42.5 Å². The standard InChI is InChI=1S/C14H10ClNO2/c15-10-5-1-2-6-11(10)16-12-7-3-4-8-13(12)18-9-14(16)17/h1-8H,9H2. The third kappa shape index (κ3) is 1.73. The first-order chi connectivity index (χ1) is 8.77. The van der Waals surface area contributed by atoms with Crippen molar-refractivity contribution in [2.45, 2.75) is 0 Å². The SMILES string of the molecule is O=C1COc2ccccc2N1c1ccccc1Cl. The molecule has 0 N–H and O–H groups in total. The Balaban J connectivity index is 2.17. The van der Waals surface area contributed by atoms with Gasteiger partial charge in [-0.05, 0) is 24.3 Å². The van der Waals surface area contributed by atoms with E-state index in [0.717, 1.165) is 5.69 Å². The van der Waals surface area contributed by atoms with Crippen LogP contribution in [0.3, 0.4) is 0 Å². The number of halogens is 1. The number of carbonyl (C=O) groups excluding carboxylic acids is 1. The molecule has 0 saturated heterocycles. The number of anilines is 2. The minimum absolute atomic E-state index is 0.0300. The molecule has 0 bridgehead atoms. The zero-order valence-electron chi connectivity index (χ0n) is 9.47. The number of para-hydroxylation sites is 3. The first-order valence-corrected chi connectivity index (χ1v) is 5.94. The molecular weight excluding hydrogens is 250 g/mol. The van der Waals surface area contributed by atoms with Gasteiger partial charge in [-0.2, -0.15) is 0 Å². The van der Waals surface area contributed by atoms with Gasteiger partial charge in [0.15, 0.2) is 6.61 Å². The van der Waals surface area contributed by atoms with E-state index in [0.29, 0.717) is 16.5 Å². The molecule has 18 heavy (non-hydrogen) atoms. The number of carbonyl (C=O) groups is 1. The molecule has 0 saturated carbocycles. The summed E-state index contributed by atoms with van der Waals surface area (Å²) in [5, 5.41) is 0.544. The summed E-state index contributed by atoms with van der Waals surface area (Å²) >= 11 is 6.15. The van der Waals surface area contributed by atoms with Crippen LogP contribution >= 0.6 is 11.6 Å². The molecule has 3 nitrogen and oxygen atoms in total. The predicted octanol–water partition coefficient (Wildman–Crippen LogP) is 3.40. The zero-order chi connectivity index (χ0) is 12.5. The van der Waals surface area contributed by atoms with Gasteiger partial charge in [0.2, 0.25) is 0 Å². The normalized spacial score (nSPS) is 14.1. The fourth-order valence-electron chi connectivity index (χ4n) is 2.00. The second-order valence-electron chi connectivity index (χ2n) is 3.94. The predicted molar refractivity (Wildman–Crippen MR) is 70.5 cm³/mol. The lowest BCUT2D eigenvalue weighted by Gasteiger charge is -2.29. The van der Waals surface area contributed by atoms with Crippen molar-refractivity contribution in [1.82, 2.24) is 0 Å². The van der Waals surface area contributed by atoms with Gasteiger partial charge in [0.25, 0.3) is 5.91 Å². The Morgan fingerprint density at radius 2 is 1.67 bits per heavy atom. The van der Waals surface area contributed by atoms with Crippen molar-refractivity contribution >= 4 is 28.9 Å². The maximum absolute atomic E-state index is 12.1. The number of benzene rings is 2. The zero-order valence-corrected chi connectivity index (χ0v) is 10.2. The summed E-state index contributed by atoms with van der Waals surface area (Å²) in [6.45, 7) is 0.0300. The number of nitrogens with zero attached hydrogens (tertiary/aromatic N) is 1. The summed E-state index contributed by atoms with van der Waals surface area (Å²) in [6.07, 6.45) is 0. The van der Waals surface area contributed by atoms with Crippen molar-refractivity contribution in [2.24, 2.45) is 0 Å². The number of hydrogen-bond acceptors (Lipinski definition) is 2. The van der Waals surface area contributed by atoms with E-state index in [1.165, 1.54) is 0 Å². The smallest absolute Gasteiger partial charge is 0.269 e. The van der Waals surface area contributed by atoms with Crippen LogP contribution in [-0.2, 0) is 4.79 Å². The van der Waals surface area contributed by atoms with Gasteiger partial charge < -0.3 is 4.74 Å². The van der Waals surface area contributed by atoms with E-state index >= 15 is 0 Å². The lowest BCUT2D eigenvalue weighted by Crippen LogP contribution is -2.35. The summed E-state index contributed by atoms with van der Waals surface area (Å²) < 4.78 is 5.39. The number of ether oxygens (including phenoxy) is 1. The minimum Gasteiger partial charge on any atom is -0.482 e. The fraction of sp³-hybridized carbons (Fsp3) is 0.0714. The number of hydrogen-bond donors (Lipinski definition) is 0. The maximum atomic E-state index is 12.1. The first-order valence-electron chi connectivity index (χ1n) is 5.56. The van der Waals surface area contributed by atoms with E-state index < -0.39 is 0 Å². The first kappa shape index (κ1) is 11.1. The van der Waals surface area contributed by atoms with Crippen molar-refractivity contribution in [2.75, 3.05) is 11.5 Å². The second-order valence-corrected chi connectivity index (χ2v) is 4.34. The van der Waals surface area contributed by atoms with Gasteiger partial charge in [0.1, 0.15) is 5.75 Å². The monoisotopic (exact) mass is 259 g/mol. The highest BCUT2D eigenvalue weighted by Crippen LogP contribution is 2.39. The molecule has 0 atom stereocenters.